The minimum Gasteiger partial charge on any atom is -0.317 e. The highest BCUT2D eigenvalue weighted by molar-refractivity contribution is 6.21. The number of imidazole rings is 1. The lowest BCUT2D eigenvalue weighted by Crippen LogP contribution is -2.31. The lowest BCUT2D eigenvalue weighted by atomic mass is 10.0. The normalized spacial score (nSPS) is 17.9. The van der Waals surface area contributed by atoms with Crippen molar-refractivity contribution < 1.29 is 9.59 Å². The molecule has 1 aromatic heterocycles. The second-order valence-corrected chi connectivity index (χ2v) is 6.67. The van der Waals surface area contributed by atoms with Crippen LogP contribution in [0.1, 0.15) is 37.8 Å². The minimum absolute atomic E-state index is 0.158. The van der Waals surface area contributed by atoms with Gasteiger partial charge in [0.25, 0.3) is 5.91 Å². The van der Waals surface area contributed by atoms with Gasteiger partial charge >= 0.3 is 0 Å². The van der Waals surface area contributed by atoms with Crippen molar-refractivity contribution in [3.63, 3.8) is 0 Å². The molecule has 4 rings (SSSR count). The molecule has 0 radical (unpaired) electrons. The van der Waals surface area contributed by atoms with Gasteiger partial charge in [-0.25, -0.2) is 9.88 Å². The Morgan fingerprint density at radius 1 is 1.04 bits per heavy atom. The number of benzene rings is 2. The maximum absolute atomic E-state index is 12.9. The maximum Gasteiger partial charge on any atom is 0.257 e. The smallest absolute Gasteiger partial charge is 0.257 e. The summed E-state index contributed by atoms with van der Waals surface area (Å²) < 4.78 is 1.80. The average Bonchev–Trinajstić information content (AvgIpc) is 3.16. The Morgan fingerprint density at radius 2 is 1.76 bits per heavy atom. The van der Waals surface area contributed by atoms with Crippen molar-refractivity contribution in [2.75, 3.05) is 4.90 Å². The number of rotatable bonds is 3. The van der Waals surface area contributed by atoms with Crippen molar-refractivity contribution in [3.05, 3.63) is 60.4 Å². The first-order chi connectivity index (χ1) is 12.1. The van der Waals surface area contributed by atoms with Gasteiger partial charge in [0, 0.05) is 0 Å². The lowest BCUT2D eigenvalue weighted by Gasteiger charge is -2.17. The molecule has 25 heavy (non-hydrogen) atoms. The van der Waals surface area contributed by atoms with Crippen LogP contribution in [0.3, 0.4) is 0 Å². The number of para-hydroxylation sites is 2. The molecule has 1 atom stereocenters. The van der Waals surface area contributed by atoms with Crippen molar-refractivity contribution in [1.82, 2.24) is 9.55 Å². The molecule has 3 aromatic rings. The van der Waals surface area contributed by atoms with E-state index in [2.05, 4.69) is 18.8 Å². The van der Waals surface area contributed by atoms with Gasteiger partial charge < -0.3 is 4.57 Å². The van der Waals surface area contributed by atoms with E-state index in [1.165, 1.54) is 10.5 Å². The highest BCUT2D eigenvalue weighted by Gasteiger charge is 2.41. The number of carbonyl (C=O) groups excluding carboxylic acids is 2. The predicted molar refractivity (Wildman–Crippen MR) is 96.4 cm³/mol. The maximum atomic E-state index is 12.9. The summed E-state index contributed by atoms with van der Waals surface area (Å²) >= 11 is 0. The van der Waals surface area contributed by atoms with Gasteiger partial charge in [-0.1, -0.05) is 38.1 Å². The zero-order valence-corrected chi connectivity index (χ0v) is 14.2. The Kier molecular flexibility index (Phi) is 3.64. The van der Waals surface area contributed by atoms with Crippen LogP contribution in [0.4, 0.5) is 5.69 Å². The van der Waals surface area contributed by atoms with E-state index in [9.17, 15) is 9.59 Å². The first-order valence-electron chi connectivity index (χ1n) is 8.44. The molecule has 0 spiro atoms. The zero-order valence-electron chi connectivity index (χ0n) is 14.2. The molecule has 1 aliphatic rings. The Labute approximate surface area is 145 Å². The van der Waals surface area contributed by atoms with Crippen molar-refractivity contribution in [1.29, 1.82) is 0 Å². The third-order valence-corrected chi connectivity index (χ3v) is 4.76. The number of carbonyl (C=O) groups is 2. The molecular formula is C20H19N3O2. The summed E-state index contributed by atoms with van der Waals surface area (Å²) in [5.41, 5.74) is 3.50. The molecule has 0 aliphatic carbocycles. The fraction of sp³-hybridized carbons (Fsp3) is 0.250. The second kappa shape index (κ2) is 5.84. The van der Waals surface area contributed by atoms with Crippen LogP contribution in [-0.2, 0) is 9.59 Å². The first kappa shape index (κ1) is 15.6. The van der Waals surface area contributed by atoms with Gasteiger partial charge in [0.2, 0.25) is 5.91 Å². The Bertz CT molecular complexity index is 956. The largest absolute Gasteiger partial charge is 0.317 e. The molecule has 0 saturated carbocycles. The summed E-state index contributed by atoms with van der Waals surface area (Å²) in [6.45, 7) is 4.22. The number of hydrogen-bond acceptors (Lipinski definition) is 3. The van der Waals surface area contributed by atoms with Gasteiger partial charge in [0.05, 0.1) is 29.5 Å². The van der Waals surface area contributed by atoms with Crippen LogP contribution < -0.4 is 4.90 Å². The van der Waals surface area contributed by atoms with Gasteiger partial charge in [-0.3, -0.25) is 9.59 Å². The highest BCUT2D eigenvalue weighted by atomic mass is 16.2. The minimum atomic E-state index is -0.537. The molecule has 2 heterocycles. The molecule has 5 nitrogen and oxygen atoms in total. The quantitative estimate of drug-likeness (QED) is 0.687. The molecule has 0 N–H and O–H groups in total. The monoisotopic (exact) mass is 333 g/mol. The molecule has 1 fully saturated rings. The predicted octanol–water partition coefficient (Wildman–Crippen LogP) is 3.66. The molecule has 1 unspecified atom stereocenters. The van der Waals surface area contributed by atoms with E-state index < -0.39 is 6.04 Å². The van der Waals surface area contributed by atoms with Crippen LogP contribution in [0.25, 0.3) is 11.0 Å². The van der Waals surface area contributed by atoms with Gasteiger partial charge in [-0.05, 0) is 35.7 Å². The summed E-state index contributed by atoms with van der Waals surface area (Å²) in [7, 11) is 0. The van der Waals surface area contributed by atoms with Gasteiger partial charge in [0.15, 0.2) is 0 Å². The molecule has 1 aliphatic heterocycles. The second-order valence-electron chi connectivity index (χ2n) is 6.67. The topological polar surface area (TPSA) is 55.2 Å². The van der Waals surface area contributed by atoms with E-state index in [0.29, 0.717) is 11.6 Å². The Balaban J connectivity index is 1.68. The van der Waals surface area contributed by atoms with Crippen molar-refractivity contribution in [2.45, 2.75) is 32.2 Å². The zero-order chi connectivity index (χ0) is 17.6. The van der Waals surface area contributed by atoms with E-state index in [1.807, 2.05) is 48.5 Å². The third kappa shape index (κ3) is 2.52. The Morgan fingerprint density at radius 3 is 2.48 bits per heavy atom. The number of anilines is 1. The SMILES string of the molecule is CC(C)c1ccc(N2C(=O)CC(n3cnc4ccccc43)C2=O)cc1. The summed E-state index contributed by atoms with van der Waals surface area (Å²) in [5.74, 6) is 0.0274. The van der Waals surface area contributed by atoms with Crippen LogP contribution in [0.2, 0.25) is 0 Å². The van der Waals surface area contributed by atoms with E-state index in [4.69, 9.17) is 0 Å². The number of nitrogens with zero attached hydrogens (tertiary/aromatic N) is 3. The first-order valence-corrected chi connectivity index (χ1v) is 8.44. The fourth-order valence-corrected chi connectivity index (χ4v) is 3.34. The summed E-state index contributed by atoms with van der Waals surface area (Å²) in [6, 6.07) is 14.7. The van der Waals surface area contributed by atoms with E-state index in [1.54, 1.807) is 10.9 Å². The number of imide groups is 1. The molecule has 2 amide bonds. The number of fused-ring (bicyclic) bond motifs is 1. The van der Waals surface area contributed by atoms with Gasteiger partial charge in [-0.2, -0.15) is 0 Å². The van der Waals surface area contributed by atoms with Crippen LogP contribution >= 0.6 is 0 Å². The van der Waals surface area contributed by atoms with Gasteiger partial charge in [-0.15, -0.1) is 0 Å². The van der Waals surface area contributed by atoms with Gasteiger partial charge in [0.1, 0.15) is 6.04 Å². The molecular weight excluding hydrogens is 314 g/mol. The van der Waals surface area contributed by atoms with E-state index in [-0.39, 0.29) is 18.2 Å². The summed E-state index contributed by atoms with van der Waals surface area (Å²) in [4.78, 5) is 31.1. The Hall–Kier alpha value is -2.95. The van der Waals surface area contributed by atoms with Crippen LogP contribution in [0.5, 0.6) is 0 Å². The lowest BCUT2D eigenvalue weighted by molar-refractivity contribution is -0.122. The summed E-state index contributed by atoms with van der Waals surface area (Å²) in [6.07, 6.45) is 1.80. The molecule has 1 saturated heterocycles. The third-order valence-electron chi connectivity index (χ3n) is 4.76. The van der Waals surface area contributed by atoms with Crippen LogP contribution in [0, 0.1) is 0 Å². The van der Waals surface area contributed by atoms with Crippen LogP contribution in [-0.4, -0.2) is 21.4 Å². The highest BCUT2D eigenvalue weighted by Crippen LogP contribution is 2.32. The van der Waals surface area contributed by atoms with E-state index >= 15 is 0 Å². The molecule has 126 valence electrons. The number of hydrogen-bond donors (Lipinski definition) is 0. The van der Waals surface area contributed by atoms with Crippen LogP contribution in [0.15, 0.2) is 54.9 Å². The number of aromatic nitrogens is 2. The van der Waals surface area contributed by atoms with Crippen molar-refractivity contribution >= 4 is 28.5 Å². The fourth-order valence-electron chi connectivity index (χ4n) is 3.34. The molecule has 5 heteroatoms. The molecule has 0 bridgehead atoms. The van der Waals surface area contributed by atoms with E-state index in [0.717, 1.165) is 11.0 Å². The summed E-state index contributed by atoms with van der Waals surface area (Å²) in [5, 5.41) is 0. The standard InChI is InChI=1S/C20H19N3O2/c1-13(2)14-7-9-15(10-8-14)23-19(24)11-18(20(23)25)22-12-21-16-5-3-4-6-17(16)22/h3-10,12-13,18H,11H2,1-2H3. The van der Waals surface area contributed by atoms with Crippen molar-refractivity contribution in [3.8, 4) is 0 Å². The van der Waals surface area contributed by atoms with Crippen molar-refractivity contribution in [2.24, 2.45) is 0 Å². The average molecular weight is 333 g/mol. The number of amides is 2. The molecule has 2 aromatic carbocycles.